The molecule has 0 aliphatic carbocycles. The molecular formula is C38H72AcN2O11. The maximum Gasteiger partial charge on any atom is 0.311 e. The van der Waals surface area contributed by atoms with Crippen LogP contribution in [0.2, 0.25) is 0 Å². The molecule has 0 saturated carbocycles. The molecule has 3 heterocycles. The monoisotopic (exact) mass is 960 g/mol. The third-order valence-electron chi connectivity index (χ3n) is 12.3. The minimum absolute atomic E-state index is 0. The minimum Gasteiger partial charge on any atom is -0.459 e. The summed E-state index contributed by atoms with van der Waals surface area (Å²) in [5.74, 6) is -2.66. The first-order valence-corrected chi connectivity index (χ1v) is 19.1. The smallest absolute Gasteiger partial charge is 0.311 e. The molecule has 0 aromatic heterocycles. The second-order valence-electron chi connectivity index (χ2n) is 17.1. The van der Waals surface area contributed by atoms with Crippen molar-refractivity contribution in [3.8, 4) is 0 Å². The predicted molar refractivity (Wildman–Crippen MR) is 192 cm³/mol. The molecule has 52 heavy (non-hydrogen) atoms. The van der Waals surface area contributed by atoms with E-state index in [1.807, 2.05) is 60.5 Å². The van der Waals surface area contributed by atoms with Gasteiger partial charge in [-0.15, -0.1) is 0 Å². The number of esters is 1. The van der Waals surface area contributed by atoms with E-state index in [0.29, 0.717) is 25.7 Å². The number of rotatable bonds is 7. The average molecular weight is 960 g/mol. The van der Waals surface area contributed by atoms with Gasteiger partial charge in [-0.2, -0.15) is 0 Å². The van der Waals surface area contributed by atoms with Crippen molar-refractivity contribution in [3.63, 3.8) is 0 Å². The fourth-order valence-corrected chi connectivity index (χ4v) is 8.71. The van der Waals surface area contributed by atoms with E-state index in [9.17, 15) is 25.2 Å². The first-order chi connectivity index (χ1) is 23.5. The van der Waals surface area contributed by atoms with Gasteiger partial charge in [0.25, 0.3) is 0 Å². The first-order valence-electron chi connectivity index (χ1n) is 19.1. The van der Waals surface area contributed by atoms with Crippen molar-refractivity contribution < 1.29 is 97.7 Å². The summed E-state index contributed by atoms with van der Waals surface area (Å²) >= 11 is 0. The third-order valence-corrected chi connectivity index (χ3v) is 12.3. The number of nitrogens with zero attached hydrogens (tertiary/aromatic N) is 1. The number of hydrogen-bond donors (Lipinski definition) is 5. The van der Waals surface area contributed by atoms with Crippen LogP contribution in [-0.4, -0.2) is 137 Å². The summed E-state index contributed by atoms with van der Waals surface area (Å²) in [5, 5.41) is 47.0. The summed E-state index contributed by atoms with van der Waals surface area (Å²) in [7, 11) is 5.39. The van der Waals surface area contributed by atoms with Crippen LogP contribution in [0.3, 0.4) is 0 Å². The van der Waals surface area contributed by atoms with E-state index in [2.05, 4.69) is 0 Å². The zero-order chi connectivity index (χ0) is 38.8. The number of aliphatic hydroxyl groups is 4. The van der Waals surface area contributed by atoms with Gasteiger partial charge in [0, 0.05) is 69.6 Å². The van der Waals surface area contributed by atoms with E-state index < -0.39 is 89.9 Å². The molecule has 3 aliphatic rings. The van der Waals surface area contributed by atoms with Crippen LogP contribution >= 0.6 is 0 Å². The van der Waals surface area contributed by atoms with Gasteiger partial charge < -0.3 is 59.5 Å². The van der Waals surface area contributed by atoms with E-state index >= 15 is 0 Å². The molecule has 0 spiro atoms. The maximum atomic E-state index is 14.2. The minimum atomic E-state index is -1.72. The number of methoxy groups -OCH3 is 1. The van der Waals surface area contributed by atoms with Crippen LogP contribution < -0.4 is 5.73 Å². The topological polar surface area (TPSA) is 183 Å². The van der Waals surface area contributed by atoms with E-state index in [1.165, 1.54) is 6.92 Å². The van der Waals surface area contributed by atoms with Crippen LogP contribution in [0.15, 0.2) is 0 Å². The Morgan fingerprint density at radius 2 is 1.58 bits per heavy atom. The molecule has 6 N–H and O–H groups in total. The Hall–Kier alpha value is 0.472. The van der Waals surface area contributed by atoms with Gasteiger partial charge in [0.05, 0.1) is 53.7 Å². The summed E-state index contributed by atoms with van der Waals surface area (Å²) in [6.45, 7) is 18.1. The molecule has 3 saturated heterocycles. The van der Waals surface area contributed by atoms with Gasteiger partial charge in [0.1, 0.15) is 17.8 Å². The van der Waals surface area contributed by atoms with Gasteiger partial charge in [-0.1, -0.05) is 34.1 Å². The van der Waals surface area contributed by atoms with Gasteiger partial charge >= 0.3 is 5.97 Å². The van der Waals surface area contributed by atoms with Crippen LogP contribution in [0, 0.1) is 67.7 Å². The molecule has 0 aromatic rings. The summed E-state index contributed by atoms with van der Waals surface area (Å²) in [6, 6.07) is -0.688. The Bertz CT molecular complexity index is 1120. The normalized spacial score (nSPS) is 49.0. The number of aliphatic hydroxyl groups excluding tert-OH is 2. The number of likely N-dealkylation sites (N-methyl/N-ethyl adjacent to an activating group) is 1. The van der Waals surface area contributed by atoms with Crippen molar-refractivity contribution in [2.24, 2.45) is 29.4 Å². The zero-order valence-electron chi connectivity index (χ0n) is 34.2. The maximum absolute atomic E-state index is 14.2. The molecule has 11 unspecified atom stereocenters. The van der Waals surface area contributed by atoms with Crippen molar-refractivity contribution in [2.45, 2.75) is 192 Å². The predicted octanol–water partition coefficient (Wildman–Crippen LogP) is 2.96. The van der Waals surface area contributed by atoms with Gasteiger partial charge in [-0.3, -0.25) is 4.79 Å². The Labute approximate surface area is 348 Å². The van der Waals surface area contributed by atoms with Crippen molar-refractivity contribution in [1.82, 2.24) is 4.90 Å². The standard InChI is InChI=1S/C38H72N2O11.Ac/c1-14-27-38(10,45)32(42)21(3)16-15-20(2)18-36(8,44)33(51-35-29(41)26(40(11)12)17-22(4)47-35)23(5)30(24(6)34(43)49-27)50-28-19-37(9,46-13)31(39)25(7)48-28;/h20-33,35,41-42,44-45H,14-19,39H2,1-13H3;/t20-,21-,22+,23-,24+,25-,26?,27+,28?,29?,30?,31?,32?,33?,35?,36?,37?,38?;/m0./s1. The molecule has 3 fully saturated rings. The number of ether oxygens (including phenoxy) is 6. The summed E-state index contributed by atoms with van der Waals surface area (Å²) < 4.78 is 37.8. The molecule has 0 amide bonds. The van der Waals surface area contributed by atoms with Crippen LogP contribution in [0.25, 0.3) is 0 Å². The number of carbonyl (C=O) groups is 1. The van der Waals surface area contributed by atoms with E-state index in [-0.39, 0.29) is 80.9 Å². The van der Waals surface area contributed by atoms with Gasteiger partial charge in [-0.25, -0.2) is 0 Å². The molecule has 18 atom stereocenters. The van der Waals surface area contributed by atoms with Crippen LogP contribution in [0.4, 0.5) is 0 Å². The van der Waals surface area contributed by atoms with Crippen molar-refractivity contribution >= 4 is 5.97 Å². The van der Waals surface area contributed by atoms with Crippen LogP contribution in [0.5, 0.6) is 0 Å². The number of cyclic esters (lactones) is 1. The Morgan fingerprint density at radius 3 is 2.13 bits per heavy atom. The molecular weight excluding hydrogens is 887 g/mol. The van der Waals surface area contributed by atoms with Crippen molar-refractivity contribution in [1.29, 1.82) is 0 Å². The summed E-state index contributed by atoms with van der Waals surface area (Å²) in [6.07, 6.45) is -5.11. The van der Waals surface area contributed by atoms with Gasteiger partial charge in [0.15, 0.2) is 12.6 Å². The Balaban J connectivity index is 0.00000936. The second kappa shape index (κ2) is 19.8. The molecule has 3 aliphatic heterocycles. The molecule has 0 bridgehead atoms. The van der Waals surface area contributed by atoms with E-state index in [1.54, 1.807) is 27.9 Å². The molecule has 14 heteroatoms. The SMILES string of the molecule is CC[C@H]1OC(=O)[C@H](C)C(OC2CC(C)(OC)C(N)[C@H](C)O2)[C@H](C)C(OC2O[C@H](C)CC(N(C)C)C2O)C(C)(O)C[C@@H](C)CC[C@H](C)C(O)C1(C)O.[Ac]. The molecule has 1 radical (unpaired) electrons. The molecule has 0 aromatic carbocycles. The Morgan fingerprint density at radius 1 is 0.962 bits per heavy atom. The van der Waals surface area contributed by atoms with Crippen LogP contribution in [0.1, 0.15) is 108 Å². The van der Waals surface area contributed by atoms with Crippen molar-refractivity contribution in [2.75, 3.05) is 21.2 Å². The fraction of sp³-hybridized carbons (Fsp3) is 0.974. The molecule has 3 rings (SSSR count). The number of hydrogen-bond acceptors (Lipinski definition) is 13. The molecule has 13 nitrogen and oxygen atoms in total. The molecule has 303 valence electrons. The number of carbonyl (C=O) groups excluding carboxylic acids is 1. The largest absolute Gasteiger partial charge is 0.459 e. The summed E-state index contributed by atoms with van der Waals surface area (Å²) in [4.78, 5) is 16.1. The summed E-state index contributed by atoms with van der Waals surface area (Å²) in [5.41, 5.74) is 2.48. The average Bonchev–Trinajstić information content (AvgIpc) is 3.05. The van der Waals surface area contributed by atoms with E-state index in [0.717, 1.165) is 0 Å². The van der Waals surface area contributed by atoms with E-state index in [4.69, 9.17) is 34.2 Å². The first kappa shape index (κ1) is 48.6. The van der Waals surface area contributed by atoms with Crippen LogP contribution in [-0.2, 0) is 33.2 Å². The number of nitrogens with two attached hydrogens (primary N) is 1. The zero-order valence-corrected chi connectivity index (χ0v) is 38.9. The van der Waals surface area contributed by atoms with Gasteiger partial charge in [0.2, 0.25) is 0 Å². The fourth-order valence-electron chi connectivity index (χ4n) is 8.71. The van der Waals surface area contributed by atoms with Crippen molar-refractivity contribution in [3.05, 3.63) is 0 Å². The van der Waals surface area contributed by atoms with Gasteiger partial charge in [-0.05, 0) is 93.2 Å². The Kier molecular flexibility index (Phi) is 18.5. The third kappa shape index (κ3) is 11.3. The quantitative estimate of drug-likeness (QED) is 0.235. The second-order valence-corrected chi connectivity index (χ2v) is 17.1.